The van der Waals surface area contributed by atoms with Crippen molar-refractivity contribution in [3.8, 4) is 44.5 Å². The summed E-state index contributed by atoms with van der Waals surface area (Å²) in [5.41, 5.74) is 19.9. The van der Waals surface area contributed by atoms with Crippen molar-refractivity contribution in [3.05, 3.63) is 198 Å². The number of anilines is 3. The summed E-state index contributed by atoms with van der Waals surface area (Å²) in [5.74, 6) is 0. The van der Waals surface area contributed by atoms with Crippen molar-refractivity contribution in [2.45, 2.75) is 56.8 Å². The van der Waals surface area contributed by atoms with Gasteiger partial charge in [-0.25, -0.2) is 0 Å². The smallest absolute Gasteiger partial charge is 0.0540 e. The number of hydrogen-bond acceptors (Lipinski definition) is 1. The zero-order valence-corrected chi connectivity index (χ0v) is 32.2. The van der Waals surface area contributed by atoms with Gasteiger partial charge in [-0.2, -0.15) is 0 Å². The van der Waals surface area contributed by atoms with Gasteiger partial charge in [-0.15, -0.1) is 0 Å². The summed E-state index contributed by atoms with van der Waals surface area (Å²) in [6.07, 6.45) is 6.28. The molecule has 3 aliphatic rings. The molecule has 270 valence electrons. The second kappa shape index (κ2) is 12.7. The molecule has 0 aromatic heterocycles. The highest BCUT2D eigenvalue weighted by Gasteiger charge is 2.44. The second-order valence-electron chi connectivity index (χ2n) is 16.7. The Morgan fingerprint density at radius 3 is 1.86 bits per heavy atom. The molecule has 0 unspecified atom stereocenters. The molecule has 0 atom stereocenters. The number of nitrogens with zero attached hydrogens (tertiary/aromatic N) is 1. The minimum absolute atomic E-state index is 0.0635. The fourth-order valence-electron chi connectivity index (χ4n) is 11.0. The Hall–Kier alpha value is -6.18. The van der Waals surface area contributed by atoms with E-state index >= 15 is 0 Å². The first-order chi connectivity index (χ1) is 27.5. The predicted octanol–water partition coefficient (Wildman–Crippen LogP) is 15.2. The van der Waals surface area contributed by atoms with Crippen LogP contribution in [-0.4, -0.2) is 0 Å². The number of fused-ring (bicyclic) bond motifs is 9. The molecule has 8 aromatic carbocycles. The van der Waals surface area contributed by atoms with Gasteiger partial charge in [0.15, 0.2) is 0 Å². The summed E-state index contributed by atoms with van der Waals surface area (Å²) >= 11 is 0. The predicted molar refractivity (Wildman–Crippen MR) is 236 cm³/mol. The lowest BCUT2D eigenvalue weighted by atomic mass is 9.68. The van der Waals surface area contributed by atoms with Crippen molar-refractivity contribution < 1.29 is 0 Å². The molecule has 0 N–H and O–H groups in total. The number of rotatable bonds is 5. The van der Waals surface area contributed by atoms with E-state index in [2.05, 4.69) is 195 Å². The Balaban J connectivity index is 1.14. The Kier molecular flexibility index (Phi) is 7.52. The van der Waals surface area contributed by atoms with Gasteiger partial charge in [0.05, 0.1) is 5.69 Å². The summed E-state index contributed by atoms with van der Waals surface area (Å²) in [7, 11) is 0. The largest absolute Gasteiger partial charge is 0.310 e. The van der Waals surface area contributed by atoms with Crippen molar-refractivity contribution >= 4 is 27.8 Å². The van der Waals surface area contributed by atoms with Gasteiger partial charge in [-0.05, 0) is 115 Å². The van der Waals surface area contributed by atoms with Crippen LogP contribution in [0.25, 0.3) is 55.3 Å². The molecule has 56 heavy (non-hydrogen) atoms. The molecule has 0 radical (unpaired) electrons. The molecule has 0 heterocycles. The maximum Gasteiger partial charge on any atom is 0.0540 e. The fourth-order valence-corrected chi connectivity index (χ4v) is 11.0. The van der Waals surface area contributed by atoms with Crippen molar-refractivity contribution in [1.82, 2.24) is 0 Å². The van der Waals surface area contributed by atoms with Crippen LogP contribution in [0.2, 0.25) is 0 Å². The number of benzene rings is 8. The van der Waals surface area contributed by atoms with E-state index < -0.39 is 0 Å². The highest BCUT2D eigenvalue weighted by Crippen LogP contribution is 2.58. The highest BCUT2D eigenvalue weighted by molar-refractivity contribution is 6.02. The Morgan fingerprint density at radius 1 is 0.411 bits per heavy atom. The van der Waals surface area contributed by atoms with Gasteiger partial charge in [0.1, 0.15) is 0 Å². The van der Waals surface area contributed by atoms with Crippen LogP contribution in [0.3, 0.4) is 0 Å². The van der Waals surface area contributed by atoms with Crippen LogP contribution in [0.4, 0.5) is 17.1 Å². The zero-order valence-electron chi connectivity index (χ0n) is 32.2. The van der Waals surface area contributed by atoms with Crippen LogP contribution >= 0.6 is 0 Å². The summed E-state index contributed by atoms with van der Waals surface area (Å²) in [4.78, 5) is 2.55. The summed E-state index contributed by atoms with van der Waals surface area (Å²) < 4.78 is 0. The van der Waals surface area contributed by atoms with E-state index in [-0.39, 0.29) is 10.8 Å². The van der Waals surface area contributed by atoms with Gasteiger partial charge in [0, 0.05) is 27.8 Å². The molecule has 1 spiro atoms. The average Bonchev–Trinajstić information content (AvgIpc) is 3.65. The first kappa shape index (κ1) is 33.2. The Morgan fingerprint density at radius 2 is 1.00 bits per heavy atom. The van der Waals surface area contributed by atoms with E-state index in [1.165, 1.54) is 121 Å². The molecule has 0 saturated heterocycles. The van der Waals surface area contributed by atoms with Crippen molar-refractivity contribution in [2.24, 2.45) is 0 Å². The van der Waals surface area contributed by atoms with Gasteiger partial charge in [-0.1, -0.05) is 179 Å². The number of para-hydroxylation sites is 1. The molecular weight excluding hydrogens is 675 g/mol. The molecule has 1 nitrogen and oxygen atoms in total. The average molecular weight is 720 g/mol. The van der Waals surface area contributed by atoms with Crippen molar-refractivity contribution in [1.29, 1.82) is 0 Å². The van der Waals surface area contributed by atoms with E-state index in [0.717, 1.165) is 5.69 Å². The normalized spacial score (nSPS) is 15.6. The Labute approximate surface area is 330 Å². The molecular formula is C55H45N. The summed E-state index contributed by atoms with van der Waals surface area (Å²) in [5, 5.41) is 2.52. The van der Waals surface area contributed by atoms with Crippen LogP contribution in [0.5, 0.6) is 0 Å². The third-order valence-corrected chi connectivity index (χ3v) is 13.4. The van der Waals surface area contributed by atoms with Gasteiger partial charge in [-0.3, -0.25) is 0 Å². The molecule has 0 bridgehead atoms. The van der Waals surface area contributed by atoms with Crippen LogP contribution in [-0.2, 0) is 10.8 Å². The topological polar surface area (TPSA) is 3.24 Å². The maximum absolute atomic E-state index is 2.56. The zero-order chi connectivity index (χ0) is 37.4. The number of hydrogen-bond donors (Lipinski definition) is 0. The third-order valence-electron chi connectivity index (χ3n) is 13.4. The monoisotopic (exact) mass is 719 g/mol. The van der Waals surface area contributed by atoms with Crippen LogP contribution in [0.1, 0.15) is 68.2 Å². The van der Waals surface area contributed by atoms with E-state index in [4.69, 9.17) is 0 Å². The van der Waals surface area contributed by atoms with Gasteiger partial charge < -0.3 is 4.90 Å². The molecule has 1 fully saturated rings. The first-order valence-corrected chi connectivity index (χ1v) is 20.5. The minimum atomic E-state index is -0.109. The van der Waals surface area contributed by atoms with E-state index in [1.807, 2.05) is 0 Å². The molecule has 1 saturated carbocycles. The lowest BCUT2D eigenvalue weighted by molar-refractivity contribution is 0.353. The molecule has 8 aromatic rings. The lowest BCUT2D eigenvalue weighted by Crippen LogP contribution is -2.28. The van der Waals surface area contributed by atoms with Crippen LogP contribution in [0.15, 0.2) is 176 Å². The quantitative estimate of drug-likeness (QED) is 0.171. The highest BCUT2D eigenvalue weighted by atomic mass is 15.1. The molecule has 0 aliphatic heterocycles. The fraction of sp³-hybridized carbons (Fsp3) is 0.164. The molecule has 3 aliphatic carbocycles. The van der Waals surface area contributed by atoms with Crippen molar-refractivity contribution in [2.75, 3.05) is 4.90 Å². The first-order valence-electron chi connectivity index (χ1n) is 20.5. The maximum atomic E-state index is 2.56. The van der Waals surface area contributed by atoms with E-state index in [0.29, 0.717) is 0 Å². The molecule has 0 amide bonds. The van der Waals surface area contributed by atoms with Gasteiger partial charge in [0.25, 0.3) is 0 Å². The summed E-state index contributed by atoms with van der Waals surface area (Å²) in [6.45, 7) is 4.78. The lowest BCUT2D eigenvalue weighted by Gasteiger charge is -2.37. The van der Waals surface area contributed by atoms with Crippen molar-refractivity contribution in [3.63, 3.8) is 0 Å². The third kappa shape index (κ3) is 4.86. The van der Waals surface area contributed by atoms with Crippen LogP contribution in [0, 0.1) is 0 Å². The standard InChI is InChI=1S/C55H45N/c1-54(2)49-28-9-6-23-45(49)48-27-16-25-42(53(48)54)38-19-14-20-39(35-38)56(52-30-11-8-24-47(52)43-26-15-18-37-17-4-5-21-41(37)43)40-31-32-46-44-22-7-10-29-50(44)55(51(46)36-40)33-12-3-13-34-55/h4-11,14-32,35-36H,3,12-13,33-34H2,1-2H3. The van der Waals surface area contributed by atoms with Crippen LogP contribution < -0.4 is 4.90 Å². The Bertz CT molecular complexity index is 2830. The van der Waals surface area contributed by atoms with E-state index in [9.17, 15) is 0 Å². The molecule has 1 heteroatoms. The minimum Gasteiger partial charge on any atom is -0.310 e. The van der Waals surface area contributed by atoms with Gasteiger partial charge in [0.2, 0.25) is 0 Å². The second-order valence-corrected chi connectivity index (χ2v) is 16.7. The SMILES string of the molecule is CC1(C)c2ccccc2-c2cccc(-c3cccc(N(c4ccc5c(c4)C4(CCCCC4)c4ccccc4-5)c4ccccc4-c4cccc5ccccc45)c3)c21. The van der Waals surface area contributed by atoms with Gasteiger partial charge >= 0.3 is 0 Å². The van der Waals surface area contributed by atoms with E-state index in [1.54, 1.807) is 0 Å². The molecule has 11 rings (SSSR count). The summed E-state index contributed by atoms with van der Waals surface area (Å²) in [6, 6.07) is 66.3.